The van der Waals surface area contributed by atoms with Gasteiger partial charge in [-0.1, -0.05) is 31.5 Å². The predicted octanol–water partition coefficient (Wildman–Crippen LogP) is 3.11. The van der Waals surface area contributed by atoms with Crippen LogP contribution in [0.25, 0.3) is 0 Å². The Morgan fingerprint density at radius 1 is 1.19 bits per heavy atom. The maximum absolute atomic E-state index is 13.7. The number of benzene rings is 1. The Kier molecular flexibility index (Phi) is 5.53. The molecule has 7 nitrogen and oxygen atoms in total. The van der Waals surface area contributed by atoms with Gasteiger partial charge in [0.25, 0.3) is 0 Å². The van der Waals surface area contributed by atoms with E-state index >= 15 is 0 Å². The smallest absolute Gasteiger partial charge is 0.326 e. The molecule has 0 saturated carbocycles. The Bertz CT molecular complexity index is 1050. The molecule has 8 heteroatoms. The second-order valence-corrected chi connectivity index (χ2v) is 8.95. The van der Waals surface area contributed by atoms with Crippen molar-refractivity contribution in [2.24, 2.45) is 11.8 Å². The lowest BCUT2D eigenvalue weighted by atomic mass is 9.77. The number of methoxy groups -OCH3 is 1. The van der Waals surface area contributed by atoms with Crippen LogP contribution in [0.5, 0.6) is 0 Å². The van der Waals surface area contributed by atoms with E-state index in [0.29, 0.717) is 24.1 Å². The van der Waals surface area contributed by atoms with Crippen LogP contribution in [0.2, 0.25) is 0 Å². The minimum absolute atomic E-state index is 0.158. The van der Waals surface area contributed by atoms with Crippen molar-refractivity contribution in [3.8, 4) is 0 Å². The predicted molar refractivity (Wildman–Crippen MR) is 116 cm³/mol. The summed E-state index contributed by atoms with van der Waals surface area (Å²) in [6.45, 7) is 3.36. The molecule has 2 aliphatic rings. The van der Waals surface area contributed by atoms with Gasteiger partial charge in [0.15, 0.2) is 5.78 Å². The van der Waals surface area contributed by atoms with E-state index in [2.05, 4.69) is 5.32 Å². The molecule has 0 radical (unpaired) electrons. The third kappa shape index (κ3) is 3.21. The van der Waals surface area contributed by atoms with E-state index in [4.69, 9.17) is 4.74 Å². The summed E-state index contributed by atoms with van der Waals surface area (Å²) < 4.78 is 5.11. The van der Waals surface area contributed by atoms with E-state index < -0.39 is 35.3 Å². The third-order valence-corrected chi connectivity index (χ3v) is 7.16. The fourth-order valence-corrected chi connectivity index (χ4v) is 5.75. The summed E-state index contributed by atoms with van der Waals surface area (Å²) in [5, 5.41) is 5.24. The number of fused-ring (bicyclic) bond motifs is 1. The molecule has 31 heavy (non-hydrogen) atoms. The number of anilines is 1. The zero-order valence-electron chi connectivity index (χ0n) is 17.6. The van der Waals surface area contributed by atoms with Gasteiger partial charge in [0.1, 0.15) is 5.54 Å². The summed E-state index contributed by atoms with van der Waals surface area (Å²) in [4.78, 5) is 54.2. The number of thiophene rings is 1. The molecule has 2 saturated heterocycles. The topological polar surface area (TPSA) is 92.8 Å². The van der Waals surface area contributed by atoms with E-state index in [1.165, 1.54) is 25.4 Å². The largest absolute Gasteiger partial charge is 0.468 e. The number of ketones is 1. The van der Waals surface area contributed by atoms with Crippen molar-refractivity contribution in [1.29, 1.82) is 0 Å². The highest BCUT2D eigenvalue weighted by Crippen LogP contribution is 2.52. The molecule has 3 heterocycles. The van der Waals surface area contributed by atoms with Gasteiger partial charge in [-0.25, -0.2) is 4.90 Å². The second kappa shape index (κ2) is 8.01. The maximum Gasteiger partial charge on any atom is 0.326 e. The number of nitrogens with one attached hydrogen (secondary N) is 1. The Morgan fingerprint density at radius 2 is 1.97 bits per heavy atom. The third-order valence-electron chi connectivity index (χ3n) is 6.21. The lowest BCUT2D eigenvalue weighted by Gasteiger charge is -2.32. The number of amides is 2. The van der Waals surface area contributed by atoms with Gasteiger partial charge in [-0.2, -0.15) is 0 Å². The number of carbonyl (C=O) groups excluding carboxylic acids is 4. The highest BCUT2D eigenvalue weighted by atomic mass is 32.1. The number of hydrogen-bond donors (Lipinski definition) is 1. The Balaban J connectivity index is 1.85. The van der Waals surface area contributed by atoms with Gasteiger partial charge in [0, 0.05) is 10.4 Å². The first-order valence-electron chi connectivity index (χ1n) is 10.2. The van der Waals surface area contributed by atoms with Gasteiger partial charge < -0.3 is 4.74 Å². The summed E-state index contributed by atoms with van der Waals surface area (Å²) in [6, 6.07) is 9.77. The Hall–Kier alpha value is -2.84. The molecule has 1 aromatic heterocycles. The minimum atomic E-state index is -1.29. The molecule has 2 amide bonds. The van der Waals surface area contributed by atoms with E-state index in [9.17, 15) is 19.2 Å². The van der Waals surface area contributed by atoms with Crippen molar-refractivity contribution in [1.82, 2.24) is 5.32 Å². The van der Waals surface area contributed by atoms with Crippen LogP contribution < -0.4 is 10.2 Å². The quantitative estimate of drug-likeness (QED) is 0.422. The number of imide groups is 1. The van der Waals surface area contributed by atoms with Crippen LogP contribution in [-0.2, 0) is 19.1 Å². The average Bonchev–Trinajstić information content (AvgIpc) is 3.45. The molecular weight excluding hydrogens is 416 g/mol. The summed E-state index contributed by atoms with van der Waals surface area (Å²) in [5.74, 6) is -3.14. The van der Waals surface area contributed by atoms with Crippen molar-refractivity contribution in [3.05, 3.63) is 52.2 Å². The molecule has 1 aromatic carbocycles. The first-order chi connectivity index (χ1) is 14.9. The van der Waals surface area contributed by atoms with Crippen molar-refractivity contribution in [3.63, 3.8) is 0 Å². The van der Waals surface area contributed by atoms with Gasteiger partial charge in [-0.15, -0.1) is 11.3 Å². The van der Waals surface area contributed by atoms with Crippen molar-refractivity contribution in [2.75, 3.05) is 12.0 Å². The minimum Gasteiger partial charge on any atom is -0.468 e. The SMILES string of the molecule is CCC[C@]1(C(=O)OC)N[C@H](c2cccs2)[C@H]2C(=O)N(c3cccc(C(C)=O)c3)C(=O)[C@H]21. The summed E-state index contributed by atoms with van der Waals surface area (Å²) in [7, 11) is 1.30. The highest BCUT2D eigenvalue weighted by Gasteiger charge is 2.68. The van der Waals surface area contributed by atoms with E-state index in [1.54, 1.807) is 24.3 Å². The normalized spacial score (nSPS) is 27.5. The van der Waals surface area contributed by atoms with Crippen molar-refractivity contribution in [2.45, 2.75) is 38.3 Å². The van der Waals surface area contributed by atoms with Crippen molar-refractivity contribution >= 4 is 40.6 Å². The lowest BCUT2D eigenvalue weighted by Crippen LogP contribution is -2.56. The van der Waals surface area contributed by atoms with Crippen LogP contribution >= 0.6 is 11.3 Å². The standard InChI is InChI=1S/C23H24N2O5S/c1-4-10-23(22(29)30-3)18-17(19(24-23)16-9-6-11-31-16)20(27)25(21(18)28)15-8-5-7-14(12-15)13(2)26/h5-9,11-12,17-19,24H,4,10H2,1-3H3/t17-,18-,19+,23-/m0/s1. The number of hydrogen-bond acceptors (Lipinski definition) is 7. The molecule has 4 rings (SSSR count). The number of nitrogens with zero attached hydrogens (tertiary/aromatic N) is 1. The second-order valence-electron chi connectivity index (χ2n) is 7.97. The first-order valence-corrected chi connectivity index (χ1v) is 11.1. The van der Waals surface area contributed by atoms with Gasteiger partial charge in [0.2, 0.25) is 11.8 Å². The number of rotatable bonds is 6. The van der Waals surface area contributed by atoms with Crippen LogP contribution in [-0.4, -0.2) is 36.2 Å². The molecule has 0 aliphatic carbocycles. The van der Waals surface area contributed by atoms with Gasteiger partial charge in [-0.3, -0.25) is 24.5 Å². The fraction of sp³-hybridized carbons (Fsp3) is 0.391. The summed E-state index contributed by atoms with van der Waals surface area (Å²) >= 11 is 1.47. The number of carbonyl (C=O) groups is 4. The highest BCUT2D eigenvalue weighted by molar-refractivity contribution is 7.10. The summed E-state index contributed by atoms with van der Waals surface area (Å²) in [5.41, 5.74) is -0.532. The van der Waals surface area contributed by atoms with Crippen LogP contribution in [0.4, 0.5) is 5.69 Å². The first kappa shape index (κ1) is 21.4. The fourth-order valence-electron chi connectivity index (χ4n) is 4.93. The molecule has 2 aromatic rings. The van der Waals surface area contributed by atoms with Gasteiger partial charge in [0.05, 0.1) is 30.7 Å². The molecule has 4 atom stereocenters. The number of ether oxygens (including phenoxy) is 1. The molecule has 0 spiro atoms. The van der Waals surface area contributed by atoms with E-state index in [0.717, 1.165) is 9.78 Å². The van der Waals surface area contributed by atoms with E-state index in [1.807, 2.05) is 24.4 Å². The zero-order valence-corrected chi connectivity index (χ0v) is 18.4. The molecule has 0 unspecified atom stereocenters. The van der Waals surface area contributed by atoms with Crippen LogP contribution in [0.1, 0.15) is 48.0 Å². The maximum atomic E-state index is 13.7. The summed E-state index contributed by atoms with van der Waals surface area (Å²) in [6.07, 6.45) is 0.993. The molecule has 0 bridgehead atoms. The van der Waals surface area contributed by atoms with Gasteiger partial charge in [-0.05, 0) is 36.9 Å². The van der Waals surface area contributed by atoms with Crippen molar-refractivity contribution < 1.29 is 23.9 Å². The Labute approximate surface area is 184 Å². The zero-order chi connectivity index (χ0) is 22.3. The van der Waals surface area contributed by atoms with Crippen LogP contribution in [0, 0.1) is 11.8 Å². The lowest BCUT2D eigenvalue weighted by molar-refractivity contribution is -0.152. The molecule has 1 N–H and O–H groups in total. The van der Waals surface area contributed by atoms with Gasteiger partial charge >= 0.3 is 5.97 Å². The van der Waals surface area contributed by atoms with E-state index in [-0.39, 0.29) is 11.7 Å². The molecule has 2 aliphatic heterocycles. The number of Topliss-reactive ketones (excluding diaryl/α,β-unsaturated/α-hetero) is 1. The van der Waals surface area contributed by atoms with Crippen LogP contribution in [0.15, 0.2) is 41.8 Å². The molecule has 162 valence electrons. The average molecular weight is 441 g/mol. The molecule has 2 fully saturated rings. The monoisotopic (exact) mass is 440 g/mol. The molecular formula is C23H24N2O5S. The van der Waals surface area contributed by atoms with Crippen LogP contribution in [0.3, 0.4) is 0 Å². The Morgan fingerprint density at radius 3 is 2.58 bits per heavy atom. The number of esters is 1.